The Morgan fingerprint density at radius 2 is 1.94 bits per heavy atom. The molecule has 3 heterocycles. The van der Waals surface area contributed by atoms with Crippen LogP contribution in [0.5, 0.6) is 11.5 Å². The van der Waals surface area contributed by atoms with Gasteiger partial charge in [0.1, 0.15) is 11.6 Å². The van der Waals surface area contributed by atoms with Crippen LogP contribution in [0.4, 0.5) is 8.78 Å². The molecule has 5 aromatic rings. The lowest BCUT2D eigenvalue weighted by Crippen LogP contribution is -2.30. The molecule has 246 valence electrons. The second-order valence-corrected chi connectivity index (χ2v) is 14.8. The number of hydrogen-bond donors (Lipinski definition) is 2. The number of carbonyl (C=O) groups is 1. The van der Waals surface area contributed by atoms with E-state index in [-0.39, 0.29) is 48.0 Å². The number of nitrogens with zero attached hydrogens (tertiary/aromatic N) is 2. The second-order valence-electron chi connectivity index (χ2n) is 12.7. The van der Waals surface area contributed by atoms with Crippen LogP contribution in [0.3, 0.4) is 0 Å². The summed E-state index contributed by atoms with van der Waals surface area (Å²) in [5.74, 6) is -3.05. The van der Waals surface area contributed by atoms with Crippen molar-refractivity contribution in [2.24, 2.45) is 5.41 Å². The lowest BCUT2D eigenvalue weighted by Gasteiger charge is -2.26. The number of benzene rings is 3. The Kier molecular flexibility index (Phi) is 8.91. The number of carboxylic acid groups (broad SMARTS) is 1. The van der Waals surface area contributed by atoms with Crippen molar-refractivity contribution in [3.8, 4) is 22.8 Å². The van der Waals surface area contributed by atoms with Crippen LogP contribution in [0.2, 0.25) is 0 Å². The third-order valence-electron chi connectivity index (χ3n) is 8.23. The third-order valence-corrected chi connectivity index (χ3v) is 10.2. The molecule has 2 bridgehead atoms. The Balaban J connectivity index is 1.48. The second kappa shape index (κ2) is 12.9. The first kappa shape index (κ1) is 32.4. The first-order valence-corrected chi connectivity index (χ1v) is 17.1. The quantitative estimate of drug-likeness (QED) is 0.211. The summed E-state index contributed by atoms with van der Waals surface area (Å²) >= 11 is 0. The highest BCUT2D eigenvalue weighted by atomic mass is 32.2. The number of fused-ring (bicyclic) bond motifs is 7. The van der Waals surface area contributed by atoms with E-state index in [2.05, 4.69) is 10.1 Å². The van der Waals surface area contributed by atoms with E-state index in [0.717, 1.165) is 11.1 Å². The highest BCUT2D eigenvalue weighted by Crippen LogP contribution is 2.39. The van der Waals surface area contributed by atoms with E-state index in [0.29, 0.717) is 29.4 Å². The van der Waals surface area contributed by atoms with Crippen molar-refractivity contribution in [3.05, 3.63) is 101 Å². The minimum absolute atomic E-state index is 0.0282. The summed E-state index contributed by atoms with van der Waals surface area (Å²) in [6.07, 6.45) is 3.88. The van der Waals surface area contributed by atoms with Crippen molar-refractivity contribution in [3.63, 3.8) is 0 Å². The number of rotatable bonds is 4. The molecule has 2 aromatic heterocycles. The molecule has 0 spiro atoms. The number of sulfone groups is 1. The Morgan fingerprint density at radius 3 is 2.74 bits per heavy atom. The van der Waals surface area contributed by atoms with Crippen LogP contribution in [0.25, 0.3) is 22.2 Å². The fraction of sp³-hybridized carbons (Fsp3) is 0.314. The lowest BCUT2D eigenvalue weighted by molar-refractivity contribution is -0.136. The summed E-state index contributed by atoms with van der Waals surface area (Å²) in [5.41, 5.74) is 2.04. The van der Waals surface area contributed by atoms with Gasteiger partial charge in [0.05, 0.1) is 29.8 Å². The van der Waals surface area contributed by atoms with Gasteiger partial charge in [-0.25, -0.2) is 17.2 Å². The molecule has 12 heteroatoms. The molecule has 1 aliphatic heterocycles. The number of ether oxygens (including phenoxy) is 2. The van der Waals surface area contributed by atoms with Crippen LogP contribution in [-0.2, 0) is 31.5 Å². The average Bonchev–Trinajstić information content (AvgIpc) is 3.68. The molecule has 0 saturated carbocycles. The van der Waals surface area contributed by atoms with Crippen molar-refractivity contribution in [1.29, 1.82) is 0 Å². The third kappa shape index (κ3) is 7.23. The molecule has 9 nitrogen and oxygen atoms in total. The van der Waals surface area contributed by atoms with E-state index in [1.54, 1.807) is 43.1 Å². The number of aromatic amines is 1. The van der Waals surface area contributed by atoms with E-state index in [1.165, 1.54) is 24.3 Å². The van der Waals surface area contributed by atoms with Gasteiger partial charge >= 0.3 is 5.97 Å². The first-order chi connectivity index (χ1) is 22.4. The molecule has 1 unspecified atom stereocenters. The summed E-state index contributed by atoms with van der Waals surface area (Å²) < 4.78 is 72.3. The minimum Gasteiger partial charge on any atom is -0.481 e. The van der Waals surface area contributed by atoms with Crippen LogP contribution in [0, 0.1) is 17.0 Å². The zero-order valence-corrected chi connectivity index (χ0v) is 26.8. The normalized spacial score (nSPS) is 18.1. The molecule has 6 rings (SSSR count). The van der Waals surface area contributed by atoms with E-state index < -0.39 is 44.7 Å². The van der Waals surface area contributed by atoms with E-state index in [1.807, 2.05) is 24.3 Å². The molecule has 0 amide bonds. The standard InChI is InChI=1S/C35H35F2N3O6S/c1-35(2)20-45-15-12-31(23-5-3-4-22(16-23)6-9-33(41)42)40-32(11-14-39-40)26-17-24(7-8-28(26)36)46-34-27(19-47(43,44)21-35)25-10-13-38-30(25)18-29(34)37/h3-5,7-8,10-11,13-14,16-18,31,38H,6,9,12,15,19-21H2,1-2H3,(H,41,42). The zero-order chi connectivity index (χ0) is 33.3. The molecular formula is C35H35F2N3O6S. The minimum atomic E-state index is -3.80. The zero-order valence-electron chi connectivity index (χ0n) is 26.0. The molecule has 0 radical (unpaired) electrons. The van der Waals surface area contributed by atoms with Gasteiger partial charge in [0.15, 0.2) is 21.4 Å². The van der Waals surface area contributed by atoms with Crippen molar-refractivity contribution < 1.29 is 36.6 Å². The van der Waals surface area contributed by atoms with Crippen molar-refractivity contribution in [2.75, 3.05) is 19.0 Å². The van der Waals surface area contributed by atoms with E-state index >= 15 is 8.78 Å². The van der Waals surface area contributed by atoms with Crippen molar-refractivity contribution in [2.45, 2.75) is 44.9 Å². The number of aryl methyl sites for hydroxylation is 1. The van der Waals surface area contributed by atoms with Gasteiger partial charge in [0.2, 0.25) is 0 Å². The van der Waals surface area contributed by atoms with Gasteiger partial charge in [-0.1, -0.05) is 38.1 Å². The van der Waals surface area contributed by atoms with Gasteiger partial charge in [-0.15, -0.1) is 0 Å². The maximum Gasteiger partial charge on any atom is 0.303 e. The topological polar surface area (TPSA) is 124 Å². The van der Waals surface area contributed by atoms with Gasteiger partial charge in [-0.2, -0.15) is 5.10 Å². The number of aliphatic carboxylic acids is 1. The van der Waals surface area contributed by atoms with Crippen LogP contribution >= 0.6 is 0 Å². The predicted octanol–water partition coefficient (Wildman–Crippen LogP) is 7.07. The molecule has 3 aromatic carbocycles. The summed E-state index contributed by atoms with van der Waals surface area (Å²) in [7, 11) is -3.80. The van der Waals surface area contributed by atoms with E-state index in [9.17, 15) is 18.3 Å². The molecular weight excluding hydrogens is 628 g/mol. The first-order valence-electron chi connectivity index (χ1n) is 15.3. The molecule has 1 aliphatic rings. The Hall–Kier alpha value is -4.55. The summed E-state index contributed by atoms with van der Waals surface area (Å²) in [5, 5.41) is 14.3. The highest BCUT2D eigenvalue weighted by molar-refractivity contribution is 7.90. The number of nitrogens with one attached hydrogen (secondary N) is 1. The molecule has 0 aliphatic carbocycles. The maximum absolute atomic E-state index is 15.6. The van der Waals surface area contributed by atoms with Crippen molar-refractivity contribution in [1.82, 2.24) is 14.8 Å². The predicted molar refractivity (Wildman–Crippen MR) is 173 cm³/mol. The van der Waals surface area contributed by atoms with E-state index in [4.69, 9.17) is 9.47 Å². The largest absolute Gasteiger partial charge is 0.481 e. The fourth-order valence-corrected chi connectivity index (χ4v) is 8.33. The van der Waals surface area contributed by atoms with Crippen LogP contribution in [-0.4, -0.2) is 53.2 Å². The van der Waals surface area contributed by atoms with Gasteiger partial charge in [0.25, 0.3) is 0 Å². The maximum atomic E-state index is 15.6. The summed E-state index contributed by atoms with van der Waals surface area (Å²) in [6.45, 7) is 3.97. The SMILES string of the molecule is CC1(C)COCCC(c2cccc(CCC(=O)O)c2)n2nccc2-c2cc(ccc2F)Oc2c(F)cc3[nH]ccc3c2CS(=O)(=O)C1. The monoisotopic (exact) mass is 663 g/mol. The van der Waals surface area contributed by atoms with Gasteiger partial charge in [0, 0.05) is 58.9 Å². The van der Waals surface area contributed by atoms with Gasteiger partial charge in [-0.05, 0) is 54.3 Å². The molecule has 1 atom stereocenters. The molecule has 0 fully saturated rings. The number of hydrogen-bond acceptors (Lipinski definition) is 6. The number of carboxylic acids is 1. The van der Waals surface area contributed by atoms with Gasteiger partial charge in [-0.3, -0.25) is 9.48 Å². The fourth-order valence-electron chi connectivity index (χ4n) is 6.22. The number of H-pyrrole nitrogens is 1. The van der Waals surface area contributed by atoms with Crippen LogP contribution in [0.15, 0.2) is 73.1 Å². The Bertz CT molecular complexity index is 2050. The molecule has 2 N–H and O–H groups in total. The highest BCUT2D eigenvalue weighted by Gasteiger charge is 2.30. The lowest BCUT2D eigenvalue weighted by atomic mass is 9.97. The van der Waals surface area contributed by atoms with Crippen LogP contribution < -0.4 is 4.74 Å². The van der Waals surface area contributed by atoms with Crippen LogP contribution in [0.1, 0.15) is 49.4 Å². The summed E-state index contributed by atoms with van der Waals surface area (Å²) in [6, 6.07) is 15.7. The number of aromatic nitrogens is 3. The Morgan fingerprint density at radius 1 is 1.11 bits per heavy atom. The molecule has 0 saturated heterocycles. The number of halogens is 2. The Labute approximate surface area is 271 Å². The smallest absolute Gasteiger partial charge is 0.303 e. The average molecular weight is 664 g/mol. The summed E-state index contributed by atoms with van der Waals surface area (Å²) in [4.78, 5) is 14.2. The molecule has 47 heavy (non-hydrogen) atoms. The van der Waals surface area contributed by atoms with Gasteiger partial charge < -0.3 is 19.6 Å². The van der Waals surface area contributed by atoms with Crippen molar-refractivity contribution >= 4 is 26.7 Å².